The number of carbonyl (C=O) groups excluding carboxylic acids is 1. The van der Waals surface area contributed by atoms with E-state index in [0.717, 1.165) is 0 Å². The lowest BCUT2D eigenvalue weighted by Gasteiger charge is -2.21. The summed E-state index contributed by atoms with van der Waals surface area (Å²) in [6.45, 7) is 5.20. The molecule has 0 bridgehead atoms. The molecule has 0 atom stereocenters. The normalized spacial score (nSPS) is 10.5. The van der Waals surface area contributed by atoms with E-state index in [4.69, 9.17) is 27.9 Å². The number of carbonyl (C=O) groups is 1. The van der Waals surface area contributed by atoms with Gasteiger partial charge in [-0.05, 0) is 19.1 Å². The highest BCUT2D eigenvalue weighted by atomic mass is 35.5. The summed E-state index contributed by atoms with van der Waals surface area (Å²) in [6, 6.07) is 14.4. The monoisotopic (exact) mass is 320 g/mol. The summed E-state index contributed by atoms with van der Waals surface area (Å²) >= 11 is 12.5. The van der Waals surface area contributed by atoms with Crippen LogP contribution >= 0.6 is 23.2 Å². The molecule has 2 aromatic carbocycles. The zero-order valence-corrected chi connectivity index (χ0v) is 13.0. The van der Waals surface area contributed by atoms with E-state index >= 15 is 0 Å². The van der Waals surface area contributed by atoms with Gasteiger partial charge < -0.3 is 4.74 Å². The third-order valence-corrected chi connectivity index (χ3v) is 3.64. The van der Waals surface area contributed by atoms with Crippen LogP contribution in [-0.4, -0.2) is 5.97 Å². The molecule has 0 aliphatic heterocycles. The smallest absolute Gasteiger partial charge is 0.334 e. The lowest BCUT2D eigenvalue weighted by atomic mass is 10.0. The second-order valence-corrected chi connectivity index (χ2v) is 5.42. The third-order valence-electron chi connectivity index (χ3n) is 2.95. The maximum absolute atomic E-state index is 11.9. The number of halogens is 2. The van der Waals surface area contributed by atoms with Crippen molar-refractivity contribution in [1.82, 2.24) is 0 Å². The molecule has 2 nitrogen and oxygen atoms in total. The van der Waals surface area contributed by atoms with Crippen LogP contribution in [0.2, 0.25) is 10.0 Å². The molecule has 108 valence electrons. The zero-order valence-electron chi connectivity index (χ0n) is 11.5. The van der Waals surface area contributed by atoms with E-state index in [9.17, 15) is 4.79 Å². The van der Waals surface area contributed by atoms with E-state index in [-0.39, 0.29) is 0 Å². The molecule has 2 rings (SSSR count). The van der Waals surface area contributed by atoms with Crippen molar-refractivity contribution in [3.05, 3.63) is 81.9 Å². The quantitative estimate of drug-likeness (QED) is 0.571. The van der Waals surface area contributed by atoms with Gasteiger partial charge in [-0.15, -0.1) is 0 Å². The fourth-order valence-electron chi connectivity index (χ4n) is 1.88. The first-order valence-electron chi connectivity index (χ1n) is 6.36. The van der Waals surface area contributed by atoms with Gasteiger partial charge in [0.05, 0.1) is 0 Å². The van der Waals surface area contributed by atoms with Gasteiger partial charge in [-0.2, -0.15) is 0 Å². The van der Waals surface area contributed by atoms with Crippen LogP contribution in [0.3, 0.4) is 0 Å². The van der Waals surface area contributed by atoms with Crippen molar-refractivity contribution in [2.75, 3.05) is 0 Å². The molecular formula is C17H14Cl2O2. The van der Waals surface area contributed by atoms with Gasteiger partial charge in [-0.1, -0.05) is 66.2 Å². The van der Waals surface area contributed by atoms with Crippen molar-refractivity contribution >= 4 is 29.2 Å². The van der Waals surface area contributed by atoms with Gasteiger partial charge in [0, 0.05) is 26.7 Å². The highest BCUT2D eigenvalue weighted by Crippen LogP contribution is 2.35. The van der Waals surface area contributed by atoms with Gasteiger partial charge in [0.1, 0.15) is 0 Å². The van der Waals surface area contributed by atoms with Gasteiger partial charge in [0.25, 0.3) is 0 Å². The lowest BCUT2D eigenvalue weighted by molar-refractivity contribution is -0.142. The Morgan fingerprint density at radius 3 is 1.81 bits per heavy atom. The average Bonchev–Trinajstić information content (AvgIpc) is 2.46. The SMILES string of the molecule is C=C(C)C(=O)OC(c1ccccc1Cl)c1ccccc1Cl. The van der Waals surface area contributed by atoms with Crippen molar-refractivity contribution in [2.45, 2.75) is 13.0 Å². The highest BCUT2D eigenvalue weighted by molar-refractivity contribution is 6.32. The molecule has 2 aromatic rings. The van der Waals surface area contributed by atoms with Gasteiger partial charge in [0.2, 0.25) is 0 Å². The molecule has 0 amide bonds. The molecule has 0 fully saturated rings. The van der Waals surface area contributed by atoms with Gasteiger partial charge in [-0.3, -0.25) is 0 Å². The fourth-order valence-corrected chi connectivity index (χ4v) is 2.35. The molecule has 0 saturated heterocycles. The first kappa shape index (κ1) is 15.6. The van der Waals surface area contributed by atoms with E-state index in [1.54, 1.807) is 19.1 Å². The van der Waals surface area contributed by atoms with Crippen molar-refractivity contribution in [1.29, 1.82) is 0 Å². The Morgan fingerprint density at radius 1 is 1.00 bits per heavy atom. The Morgan fingerprint density at radius 2 is 1.43 bits per heavy atom. The van der Waals surface area contributed by atoms with Crippen LogP contribution in [0.5, 0.6) is 0 Å². The molecule has 0 aromatic heterocycles. The van der Waals surface area contributed by atoms with Crippen LogP contribution in [0.4, 0.5) is 0 Å². The lowest BCUT2D eigenvalue weighted by Crippen LogP contribution is -2.14. The van der Waals surface area contributed by atoms with Gasteiger partial charge in [0.15, 0.2) is 6.10 Å². The van der Waals surface area contributed by atoms with E-state index in [0.29, 0.717) is 26.7 Å². The Labute approximate surface area is 134 Å². The summed E-state index contributed by atoms with van der Waals surface area (Å²) in [6.07, 6.45) is -0.670. The van der Waals surface area contributed by atoms with Crippen LogP contribution in [0, 0.1) is 0 Å². The highest BCUT2D eigenvalue weighted by Gasteiger charge is 2.23. The molecule has 0 N–H and O–H groups in total. The molecule has 0 heterocycles. The molecule has 0 radical (unpaired) electrons. The second-order valence-electron chi connectivity index (χ2n) is 4.61. The van der Waals surface area contributed by atoms with E-state index in [1.165, 1.54) is 0 Å². The van der Waals surface area contributed by atoms with Crippen molar-refractivity contribution in [3.63, 3.8) is 0 Å². The number of hydrogen-bond acceptors (Lipinski definition) is 2. The molecule has 0 aliphatic rings. The van der Waals surface area contributed by atoms with E-state index < -0.39 is 12.1 Å². The van der Waals surface area contributed by atoms with Gasteiger partial charge in [-0.25, -0.2) is 4.79 Å². The average molecular weight is 321 g/mol. The third kappa shape index (κ3) is 3.66. The summed E-state index contributed by atoms with van der Waals surface area (Å²) < 4.78 is 5.54. The molecule has 0 aliphatic carbocycles. The minimum Gasteiger partial charge on any atom is -0.449 e. The number of ether oxygens (including phenoxy) is 1. The van der Waals surface area contributed by atoms with Gasteiger partial charge >= 0.3 is 5.97 Å². The molecule has 21 heavy (non-hydrogen) atoms. The second kappa shape index (κ2) is 6.79. The summed E-state index contributed by atoms with van der Waals surface area (Å²) in [4.78, 5) is 11.9. The molecule has 0 saturated carbocycles. The van der Waals surface area contributed by atoms with Crippen LogP contribution in [0.1, 0.15) is 24.2 Å². The first-order chi connectivity index (χ1) is 10.0. The first-order valence-corrected chi connectivity index (χ1v) is 7.11. The Hall–Kier alpha value is -1.77. The maximum Gasteiger partial charge on any atom is 0.334 e. The number of benzene rings is 2. The minimum absolute atomic E-state index is 0.319. The fraction of sp³-hybridized carbons (Fsp3) is 0.118. The largest absolute Gasteiger partial charge is 0.449 e. The van der Waals surface area contributed by atoms with E-state index in [1.807, 2.05) is 36.4 Å². The summed E-state index contributed by atoms with van der Waals surface area (Å²) in [5.74, 6) is -0.486. The Bertz CT molecular complexity index is 634. The summed E-state index contributed by atoms with van der Waals surface area (Å²) in [7, 11) is 0. The van der Waals surface area contributed by atoms with Crippen molar-refractivity contribution in [2.24, 2.45) is 0 Å². The molecule has 0 spiro atoms. The maximum atomic E-state index is 11.9. The zero-order chi connectivity index (χ0) is 15.4. The predicted octanol–water partition coefficient (Wildman–Crippen LogP) is 5.20. The summed E-state index contributed by atoms with van der Waals surface area (Å²) in [5, 5.41) is 1.02. The van der Waals surface area contributed by atoms with Crippen LogP contribution < -0.4 is 0 Å². The van der Waals surface area contributed by atoms with E-state index in [2.05, 4.69) is 6.58 Å². The number of hydrogen-bond donors (Lipinski definition) is 0. The summed E-state index contributed by atoms with van der Waals surface area (Å²) in [5.41, 5.74) is 1.68. The molecule has 0 unspecified atom stereocenters. The molecular weight excluding hydrogens is 307 g/mol. The topological polar surface area (TPSA) is 26.3 Å². The molecule has 4 heteroatoms. The predicted molar refractivity (Wildman–Crippen MR) is 85.7 cm³/mol. The van der Waals surface area contributed by atoms with Crippen LogP contribution in [0.25, 0.3) is 0 Å². The Balaban J connectivity index is 2.50. The van der Waals surface area contributed by atoms with Crippen molar-refractivity contribution in [3.8, 4) is 0 Å². The van der Waals surface area contributed by atoms with Crippen molar-refractivity contribution < 1.29 is 9.53 Å². The standard InChI is InChI=1S/C17H14Cl2O2/c1-11(2)17(20)21-16(12-7-3-5-9-14(12)18)13-8-4-6-10-15(13)19/h3-10,16H,1H2,2H3. The number of rotatable bonds is 4. The minimum atomic E-state index is -0.670. The van der Waals surface area contributed by atoms with Crippen LogP contribution in [-0.2, 0) is 9.53 Å². The number of esters is 1. The van der Waals surface area contributed by atoms with Crippen LogP contribution in [0.15, 0.2) is 60.7 Å². The Kier molecular flexibility index (Phi) is 5.05.